The number of hydrogen-bond acceptors (Lipinski definition) is 3. The topological polar surface area (TPSA) is 32.7 Å². The van der Waals surface area contributed by atoms with E-state index in [9.17, 15) is 5.11 Å². The minimum absolute atomic E-state index is 0.517. The van der Waals surface area contributed by atoms with Gasteiger partial charge in [-0.15, -0.1) is 0 Å². The van der Waals surface area contributed by atoms with Crippen LogP contribution in [0.4, 0.5) is 5.69 Å². The molecule has 0 bridgehead atoms. The van der Waals surface area contributed by atoms with Crippen molar-refractivity contribution in [2.24, 2.45) is 0 Å². The number of hydrogen-bond donors (Lipinski definition) is 1. The van der Waals surface area contributed by atoms with Gasteiger partial charge in [-0.3, -0.25) is 0 Å². The maximum Gasteiger partial charge on any atom is 0.142 e. The summed E-state index contributed by atoms with van der Waals surface area (Å²) in [6.45, 7) is 2.56. The number of aliphatic hydroxyl groups is 1. The summed E-state index contributed by atoms with van der Waals surface area (Å²) in [5.74, 6) is 0.811. The number of ether oxygens (including phenoxy) is 1. The molecular formula is C17H21NO2. The van der Waals surface area contributed by atoms with E-state index in [1.165, 1.54) is 5.56 Å². The third-order valence-electron chi connectivity index (χ3n) is 3.41. The first-order valence-corrected chi connectivity index (χ1v) is 6.70. The molecule has 0 radical (unpaired) electrons. The lowest BCUT2D eigenvalue weighted by atomic mass is 10.1. The first-order chi connectivity index (χ1) is 9.61. The summed E-state index contributed by atoms with van der Waals surface area (Å²) in [5, 5.41) is 10.3. The molecule has 3 heteroatoms. The zero-order valence-electron chi connectivity index (χ0n) is 12.2. The maximum atomic E-state index is 10.3. The Labute approximate surface area is 120 Å². The number of rotatable bonds is 5. The zero-order valence-corrected chi connectivity index (χ0v) is 12.2. The van der Waals surface area contributed by atoms with Gasteiger partial charge in [0, 0.05) is 13.6 Å². The van der Waals surface area contributed by atoms with Gasteiger partial charge in [0.2, 0.25) is 0 Å². The predicted molar refractivity (Wildman–Crippen MR) is 82.4 cm³/mol. The van der Waals surface area contributed by atoms with Crippen LogP contribution in [-0.2, 0) is 0 Å². The van der Waals surface area contributed by atoms with Gasteiger partial charge in [-0.2, -0.15) is 0 Å². The zero-order chi connectivity index (χ0) is 14.5. The van der Waals surface area contributed by atoms with Crippen LogP contribution in [0.15, 0.2) is 48.5 Å². The van der Waals surface area contributed by atoms with E-state index < -0.39 is 6.10 Å². The molecule has 0 aliphatic heterocycles. The van der Waals surface area contributed by atoms with Crippen molar-refractivity contribution in [3.05, 3.63) is 59.7 Å². The molecule has 0 aromatic heterocycles. The minimum Gasteiger partial charge on any atom is -0.495 e. The number of aliphatic hydroxyl groups excluding tert-OH is 1. The van der Waals surface area contributed by atoms with Crippen molar-refractivity contribution >= 4 is 5.69 Å². The Morgan fingerprint density at radius 1 is 1.10 bits per heavy atom. The van der Waals surface area contributed by atoms with Crippen LogP contribution in [0.25, 0.3) is 0 Å². The van der Waals surface area contributed by atoms with E-state index in [1.807, 2.05) is 67.4 Å². The molecule has 2 aromatic rings. The second kappa shape index (κ2) is 6.44. The minimum atomic E-state index is -0.523. The summed E-state index contributed by atoms with van der Waals surface area (Å²) >= 11 is 0. The van der Waals surface area contributed by atoms with Gasteiger partial charge < -0.3 is 14.7 Å². The molecular weight excluding hydrogens is 250 g/mol. The Morgan fingerprint density at radius 2 is 1.75 bits per heavy atom. The highest BCUT2D eigenvalue weighted by molar-refractivity contribution is 5.58. The van der Waals surface area contributed by atoms with Crippen LogP contribution >= 0.6 is 0 Å². The monoisotopic (exact) mass is 271 g/mol. The second-order valence-corrected chi connectivity index (χ2v) is 4.98. The highest BCUT2D eigenvalue weighted by Crippen LogP contribution is 2.28. The quantitative estimate of drug-likeness (QED) is 0.906. The number of methoxy groups -OCH3 is 1. The molecule has 2 aromatic carbocycles. The molecule has 20 heavy (non-hydrogen) atoms. The molecule has 106 valence electrons. The molecule has 0 fully saturated rings. The van der Waals surface area contributed by atoms with Crippen molar-refractivity contribution in [3.63, 3.8) is 0 Å². The largest absolute Gasteiger partial charge is 0.495 e. The van der Waals surface area contributed by atoms with Crippen molar-refractivity contribution in [2.45, 2.75) is 13.0 Å². The van der Waals surface area contributed by atoms with Gasteiger partial charge in [0.15, 0.2) is 0 Å². The third-order valence-corrected chi connectivity index (χ3v) is 3.41. The average Bonchev–Trinajstić information content (AvgIpc) is 2.47. The van der Waals surface area contributed by atoms with Gasteiger partial charge in [0.05, 0.1) is 18.9 Å². The lowest BCUT2D eigenvalue weighted by molar-refractivity contribution is 0.185. The summed E-state index contributed by atoms with van der Waals surface area (Å²) in [6.07, 6.45) is -0.523. The number of nitrogens with zero attached hydrogens (tertiary/aromatic N) is 1. The van der Waals surface area contributed by atoms with Crippen LogP contribution in [0.1, 0.15) is 17.2 Å². The Morgan fingerprint density at radius 3 is 2.40 bits per heavy atom. The van der Waals surface area contributed by atoms with Crippen LogP contribution in [-0.4, -0.2) is 25.8 Å². The first-order valence-electron chi connectivity index (χ1n) is 6.70. The number of anilines is 1. The van der Waals surface area contributed by atoms with Crippen LogP contribution < -0.4 is 9.64 Å². The first kappa shape index (κ1) is 14.4. The van der Waals surface area contributed by atoms with E-state index in [2.05, 4.69) is 0 Å². The van der Waals surface area contributed by atoms with Crippen molar-refractivity contribution < 1.29 is 9.84 Å². The maximum absolute atomic E-state index is 10.3. The normalized spacial score (nSPS) is 12.0. The molecule has 2 rings (SSSR count). The Kier molecular flexibility index (Phi) is 4.64. The second-order valence-electron chi connectivity index (χ2n) is 4.98. The number of benzene rings is 2. The molecule has 1 atom stereocenters. The molecule has 1 unspecified atom stereocenters. The summed E-state index contributed by atoms with van der Waals surface area (Å²) in [6, 6.07) is 15.8. The van der Waals surface area contributed by atoms with E-state index in [1.54, 1.807) is 7.11 Å². The summed E-state index contributed by atoms with van der Waals surface area (Å²) in [4.78, 5) is 2.00. The molecule has 0 saturated carbocycles. The van der Waals surface area contributed by atoms with Crippen LogP contribution in [0, 0.1) is 6.92 Å². The Balaban J connectivity index is 2.10. The Hall–Kier alpha value is -2.00. The number of likely N-dealkylation sites (N-methyl/N-ethyl adjacent to an activating group) is 1. The van der Waals surface area contributed by atoms with Crippen molar-refractivity contribution in [2.75, 3.05) is 25.6 Å². The smallest absolute Gasteiger partial charge is 0.142 e. The molecule has 0 aliphatic rings. The van der Waals surface area contributed by atoms with Gasteiger partial charge in [0.25, 0.3) is 0 Å². The predicted octanol–water partition coefficient (Wildman–Crippen LogP) is 3.17. The molecule has 0 amide bonds. The Bertz CT molecular complexity index is 551. The highest BCUT2D eigenvalue weighted by Gasteiger charge is 2.13. The van der Waals surface area contributed by atoms with Gasteiger partial charge in [-0.05, 0) is 24.6 Å². The van der Waals surface area contributed by atoms with Crippen LogP contribution in [0.2, 0.25) is 0 Å². The fourth-order valence-electron chi connectivity index (χ4n) is 2.20. The van der Waals surface area contributed by atoms with Crippen molar-refractivity contribution in [1.29, 1.82) is 0 Å². The number of para-hydroxylation sites is 2. The molecule has 0 aliphatic carbocycles. The molecule has 0 saturated heterocycles. The van der Waals surface area contributed by atoms with Gasteiger partial charge in [0.1, 0.15) is 5.75 Å². The van der Waals surface area contributed by atoms with E-state index in [4.69, 9.17) is 4.74 Å². The lowest BCUT2D eigenvalue weighted by Gasteiger charge is -2.24. The molecule has 0 heterocycles. The summed E-state index contributed by atoms with van der Waals surface area (Å²) < 4.78 is 5.35. The van der Waals surface area contributed by atoms with Gasteiger partial charge in [-0.1, -0.05) is 42.0 Å². The molecule has 3 nitrogen and oxygen atoms in total. The van der Waals surface area contributed by atoms with Crippen molar-refractivity contribution in [3.8, 4) is 5.75 Å². The van der Waals surface area contributed by atoms with E-state index in [0.29, 0.717) is 6.54 Å². The summed E-state index contributed by atoms with van der Waals surface area (Å²) in [7, 11) is 3.61. The average molecular weight is 271 g/mol. The van der Waals surface area contributed by atoms with Gasteiger partial charge in [-0.25, -0.2) is 0 Å². The molecule has 1 N–H and O–H groups in total. The van der Waals surface area contributed by atoms with E-state index in [0.717, 1.165) is 17.0 Å². The fraction of sp³-hybridized carbons (Fsp3) is 0.294. The van der Waals surface area contributed by atoms with E-state index in [-0.39, 0.29) is 0 Å². The standard InChI is InChI=1S/C17H21NO2/c1-13-8-10-14(11-9-13)16(19)12-18(2)15-6-4-5-7-17(15)20-3/h4-11,16,19H,12H2,1-3H3. The van der Waals surface area contributed by atoms with E-state index >= 15 is 0 Å². The molecule has 0 spiro atoms. The van der Waals surface area contributed by atoms with Crippen LogP contribution in [0.3, 0.4) is 0 Å². The SMILES string of the molecule is COc1ccccc1N(C)CC(O)c1ccc(C)cc1. The summed E-state index contributed by atoms with van der Waals surface area (Å²) in [5.41, 5.74) is 3.09. The lowest BCUT2D eigenvalue weighted by Crippen LogP contribution is -2.24. The van der Waals surface area contributed by atoms with Crippen molar-refractivity contribution in [1.82, 2.24) is 0 Å². The third kappa shape index (κ3) is 3.31. The van der Waals surface area contributed by atoms with Gasteiger partial charge >= 0.3 is 0 Å². The number of aryl methyl sites for hydroxylation is 1. The highest BCUT2D eigenvalue weighted by atomic mass is 16.5. The fourth-order valence-corrected chi connectivity index (χ4v) is 2.20. The van der Waals surface area contributed by atoms with Crippen LogP contribution in [0.5, 0.6) is 5.75 Å².